The normalized spacial score (nSPS) is 23.2. The Kier molecular flexibility index (Phi) is 6.93. The SMILES string of the molecule is CC1CC(C)CN(S(=O)(=O)c2cccc(C(=O)N3CCN(Cc4ccccn4)CC3)c2)C1. The van der Waals surface area contributed by atoms with Crippen LogP contribution in [0, 0.1) is 11.8 Å². The van der Waals surface area contributed by atoms with Gasteiger partial charge in [-0.25, -0.2) is 8.42 Å². The Hall–Kier alpha value is -2.29. The average molecular weight is 457 g/mol. The highest BCUT2D eigenvalue weighted by Crippen LogP contribution is 2.27. The van der Waals surface area contributed by atoms with Crippen LogP contribution in [0.5, 0.6) is 0 Å². The third-order valence-corrected chi connectivity index (χ3v) is 8.15. The number of hydrogen-bond acceptors (Lipinski definition) is 5. The van der Waals surface area contributed by atoms with Crippen LogP contribution in [0.1, 0.15) is 36.3 Å². The molecule has 2 aromatic rings. The van der Waals surface area contributed by atoms with Gasteiger partial charge in [0.1, 0.15) is 0 Å². The standard InChI is InChI=1S/C24H32N4O3S/c1-19-14-20(2)17-28(16-19)32(30,31)23-8-5-6-21(15-23)24(29)27-12-10-26(11-13-27)18-22-7-3-4-9-25-22/h3-9,15,19-20H,10-14,16-18H2,1-2H3. The molecule has 1 aromatic heterocycles. The predicted octanol–water partition coefficient (Wildman–Crippen LogP) is 2.71. The molecule has 172 valence electrons. The molecule has 0 aliphatic carbocycles. The van der Waals surface area contributed by atoms with E-state index in [-0.39, 0.29) is 10.8 Å². The molecule has 8 heteroatoms. The molecule has 0 N–H and O–H groups in total. The van der Waals surface area contributed by atoms with Gasteiger partial charge in [-0.2, -0.15) is 4.31 Å². The van der Waals surface area contributed by atoms with E-state index in [2.05, 4.69) is 23.7 Å². The highest BCUT2D eigenvalue weighted by molar-refractivity contribution is 7.89. The van der Waals surface area contributed by atoms with Gasteiger partial charge in [0.25, 0.3) is 5.91 Å². The number of piperazine rings is 1. The van der Waals surface area contributed by atoms with Gasteiger partial charge in [-0.1, -0.05) is 26.0 Å². The number of rotatable bonds is 5. The summed E-state index contributed by atoms with van der Waals surface area (Å²) in [6.45, 7) is 8.77. The van der Waals surface area contributed by atoms with Gasteiger partial charge in [0, 0.05) is 57.6 Å². The zero-order valence-electron chi connectivity index (χ0n) is 18.9. The minimum absolute atomic E-state index is 0.111. The number of amides is 1. The summed E-state index contributed by atoms with van der Waals surface area (Å²) in [7, 11) is -3.61. The molecule has 2 unspecified atom stereocenters. The summed E-state index contributed by atoms with van der Waals surface area (Å²) >= 11 is 0. The molecule has 1 aromatic carbocycles. The van der Waals surface area contributed by atoms with Crippen molar-refractivity contribution in [2.24, 2.45) is 11.8 Å². The van der Waals surface area contributed by atoms with Crippen molar-refractivity contribution in [2.75, 3.05) is 39.3 Å². The van der Waals surface area contributed by atoms with Crippen LogP contribution in [0.25, 0.3) is 0 Å². The van der Waals surface area contributed by atoms with E-state index in [0.29, 0.717) is 43.6 Å². The van der Waals surface area contributed by atoms with E-state index in [9.17, 15) is 13.2 Å². The van der Waals surface area contributed by atoms with Gasteiger partial charge in [-0.15, -0.1) is 0 Å². The molecule has 2 fully saturated rings. The molecule has 0 radical (unpaired) electrons. The number of carbonyl (C=O) groups excluding carboxylic acids is 1. The summed E-state index contributed by atoms with van der Waals surface area (Å²) in [6, 6.07) is 12.4. The molecule has 0 spiro atoms. The predicted molar refractivity (Wildman–Crippen MR) is 124 cm³/mol. The molecule has 2 aliphatic rings. The van der Waals surface area contributed by atoms with E-state index in [1.54, 1.807) is 34.8 Å². The lowest BCUT2D eigenvalue weighted by Crippen LogP contribution is -2.48. The topological polar surface area (TPSA) is 73.8 Å². The fourth-order valence-corrected chi connectivity index (χ4v) is 6.48. The van der Waals surface area contributed by atoms with Gasteiger partial charge in [0.2, 0.25) is 10.0 Å². The fourth-order valence-electron chi connectivity index (χ4n) is 4.75. The van der Waals surface area contributed by atoms with Crippen LogP contribution in [0.3, 0.4) is 0 Å². The minimum Gasteiger partial charge on any atom is -0.336 e. The van der Waals surface area contributed by atoms with Crippen LogP contribution in [0.2, 0.25) is 0 Å². The van der Waals surface area contributed by atoms with Gasteiger partial charge in [0.15, 0.2) is 0 Å². The summed E-state index contributed by atoms with van der Waals surface area (Å²) in [5, 5.41) is 0. The first kappa shape index (κ1) is 22.9. The Morgan fingerprint density at radius 3 is 2.38 bits per heavy atom. The van der Waals surface area contributed by atoms with Crippen LogP contribution in [0.15, 0.2) is 53.6 Å². The lowest BCUT2D eigenvalue weighted by atomic mass is 9.94. The minimum atomic E-state index is -3.61. The van der Waals surface area contributed by atoms with Crippen LogP contribution < -0.4 is 0 Å². The number of aromatic nitrogens is 1. The molecule has 4 rings (SSSR count). The Labute approximate surface area is 191 Å². The number of nitrogens with zero attached hydrogens (tertiary/aromatic N) is 4. The molecule has 3 heterocycles. The lowest BCUT2D eigenvalue weighted by molar-refractivity contribution is 0.0627. The fraction of sp³-hybridized carbons (Fsp3) is 0.500. The van der Waals surface area contributed by atoms with E-state index in [0.717, 1.165) is 31.7 Å². The Morgan fingerprint density at radius 2 is 1.72 bits per heavy atom. The average Bonchev–Trinajstić information content (AvgIpc) is 2.79. The van der Waals surface area contributed by atoms with Crippen LogP contribution in [-0.2, 0) is 16.6 Å². The molecule has 1 amide bonds. The molecule has 32 heavy (non-hydrogen) atoms. The number of pyridine rings is 1. The van der Waals surface area contributed by atoms with Gasteiger partial charge >= 0.3 is 0 Å². The molecule has 0 bridgehead atoms. The first-order chi connectivity index (χ1) is 15.3. The van der Waals surface area contributed by atoms with Crippen molar-refractivity contribution in [3.8, 4) is 0 Å². The van der Waals surface area contributed by atoms with Crippen molar-refractivity contribution >= 4 is 15.9 Å². The van der Waals surface area contributed by atoms with Crippen molar-refractivity contribution in [2.45, 2.75) is 31.7 Å². The van der Waals surface area contributed by atoms with Crippen molar-refractivity contribution < 1.29 is 13.2 Å². The largest absolute Gasteiger partial charge is 0.336 e. The number of hydrogen-bond donors (Lipinski definition) is 0. The smallest absolute Gasteiger partial charge is 0.253 e. The molecule has 2 atom stereocenters. The van der Waals surface area contributed by atoms with Crippen LogP contribution >= 0.6 is 0 Å². The maximum atomic E-state index is 13.2. The second kappa shape index (κ2) is 9.68. The molecular formula is C24H32N4O3S. The lowest BCUT2D eigenvalue weighted by Gasteiger charge is -2.35. The van der Waals surface area contributed by atoms with E-state index in [4.69, 9.17) is 0 Å². The number of benzene rings is 1. The van der Waals surface area contributed by atoms with Gasteiger partial charge < -0.3 is 4.90 Å². The first-order valence-electron chi connectivity index (χ1n) is 11.3. The zero-order chi connectivity index (χ0) is 22.7. The molecular weight excluding hydrogens is 424 g/mol. The summed E-state index contributed by atoms with van der Waals surface area (Å²) in [5.74, 6) is 0.557. The Balaban J connectivity index is 1.41. The number of piperidine rings is 1. The quantitative estimate of drug-likeness (QED) is 0.692. The maximum Gasteiger partial charge on any atom is 0.253 e. The van der Waals surface area contributed by atoms with Gasteiger partial charge in [-0.3, -0.25) is 14.7 Å². The third kappa shape index (κ3) is 5.19. The molecule has 7 nitrogen and oxygen atoms in total. The maximum absolute atomic E-state index is 13.2. The monoisotopic (exact) mass is 456 g/mol. The Bertz CT molecular complexity index is 1030. The van der Waals surface area contributed by atoms with Gasteiger partial charge in [0.05, 0.1) is 10.6 Å². The van der Waals surface area contributed by atoms with Crippen molar-refractivity contribution in [1.82, 2.24) is 19.1 Å². The second-order valence-corrected chi connectivity index (χ2v) is 11.1. The zero-order valence-corrected chi connectivity index (χ0v) is 19.7. The second-order valence-electron chi connectivity index (χ2n) is 9.19. The molecule has 2 saturated heterocycles. The summed E-state index contributed by atoms with van der Waals surface area (Å²) in [6.07, 6.45) is 2.83. The Morgan fingerprint density at radius 1 is 1.00 bits per heavy atom. The summed E-state index contributed by atoms with van der Waals surface area (Å²) in [4.78, 5) is 21.8. The summed E-state index contributed by atoms with van der Waals surface area (Å²) < 4.78 is 28.0. The highest BCUT2D eigenvalue weighted by Gasteiger charge is 2.32. The van der Waals surface area contributed by atoms with E-state index >= 15 is 0 Å². The van der Waals surface area contributed by atoms with Crippen molar-refractivity contribution in [1.29, 1.82) is 0 Å². The first-order valence-corrected chi connectivity index (χ1v) is 12.8. The number of sulfonamides is 1. The number of carbonyl (C=O) groups is 1. The van der Waals surface area contributed by atoms with E-state index < -0.39 is 10.0 Å². The molecule has 0 saturated carbocycles. The van der Waals surface area contributed by atoms with E-state index in [1.165, 1.54) is 0 Å². The van der Waals surface area contributed by atoms with Gasteiger partial charge in [-0.05, 0) is 48.6 Å². The van der Waals surface area contributed by atoms with E-state index in [1.807, 2.05) is 23.1 Å². The summed E-state index contributed by atoms with van der Waals surface area (Å²) in [5.41, 5.74) is 1.45. The third-order valence-electron chi connectivity index (χ3n) is 6.33. The van der Waals surface area contributed by atoms with Crippen molar-refractivity contribution in [3.05, 3.63) is 59.9 Å². The van der Waals surface area contributed by atoms with Crippen molar-refractivity contribution in [3.63, 3.8) is 0 Å². The van der Waals surface area contributed by atoms with Crippen LogP contribution in [-0.4, -0.2) is 72.7 Å². The molecule has 2 aliphatic heterocycles. The highest BCUT2D eigenvalue weighted by atomic mass is 32.2. The van der Waals surface area contributed by atoms with Crippen LogP contribution in [0.4, 0.5) is 0 Å².